The molecule has 2 N–H and O–H groups in total. The van der Waals surface area contributed by atoms with Gasteiger partial charge >= 0.3 is 5.97 Å². The first-order valence-corrected chi connectivity index (χ1v) is 11.8. The number of benzene rings is 3. The van der Waals surface area contributed by atoms with Crippen molar-refractivity contribution in [1.29, 1.82) is 0 Å². The van der Waals surface area contributed by atoms with Crippen LogP contribution in [-0.2, 0) is 5.41 Å². The molecule has 0 spiro atoms. The summed E-state index contributed by atoms with van der Waals surface area (Å²) in [7, 11) is 0. The standard InChI is InChI=1S/C29H35NO4/c1-6-30(7-2)27-15-11-22(19-26(27)29(3,4)5)25-18-21(10-14-24(25)28(32)33)20-8-12-23(13-9-20)34-17-16-31/h8-15,18-19,31H,6-7,16-17H2,1-5H3,(H,32,33). The second-order valence-electron chi connectivity index (χ2n) is 9.32. The fourth-order valence-electron chi connectivity index (χ4n) is 4.20. The number of carboxylic acid groups (broad SMARTS) is 1. The van der Waals surface area contributed by atoms with Crippen molar-refractivity contribution in [2.24, 2.45) is 0 Å². The molecule has 0 atom stereocenters. The molecule has 0 saturated carbocycles. The molecule has 0 aliphatic heterocycles. The largest absolute Gasteiger partial charge is 0.491 e. The molecule has 0 unspecified atom stereocenters. The summed E-state index contributed by atoms with van der Waals surface area (Å²) >= 11 is 0. The summed E-state index contributed by atoms with van der Waals surface area (Å²) in [6.07, 6.45) is 0. The second-order valence-corrected chi connectivity index (χ2v) is 9.32. The van der Waals surface area contributed by atoms with E-state index in [-0.39, 0.29) is 24.2 Å². The monoisotopic (exact) mass is 461 g/mol. The smallest absolute Gasteiger partial charge is 0.336 e. The highest BCUT2D eigenvalue weighted by Crippen LogP contribution is 2.38. The minimum absolute atomic E-state index is 0.0363. The van der Waals surface area contributed by atoms with Crippen LogP contribution >= 0.6 is 0 Å². The van der Waals surface area contributed by atoms with Crippen molar-refractivity contribution in [2.45, 2.75) is 40.0 Å². The lowest BCUT2D eigenvalue weighted by Crippen LogP contribution is -2.26. The fourth-order valence-corrected chi connectivity index (χ4v) is 4.20. The highest BCUT2D eigenvalue weighted by atomic mass is 16.5. The number of carbonyl (C=O) groups is 1. The Morgan fingerprint density at radius 2 is 1.50 bits per heavy atom. The van der Waals surface area contributed by atoms with Gasteiger partial charge in [0.1, 0.15) is 12.4 Å². The zero-order valence-electron chi connectivity index (χ0n) is 20.8. The number of hydrogen-bond donors (Lipinski definition) is 2. The molecule has 180 valence electrons. The topological polar surface area (TPSA) is 70.0 Å². The average molecular weight is 462 g/mol. The number of anilines is 1. The number of aliphatic hydroxyl groups is 1. The zero-order chi connectivity index (χ0) is 24.9. The van der Waals surface area contributed by atoms with E-state index in [1.807, 2.05) is 42.5 Å². The molecule has 0 radical (unpaired) electrons. The predicted molar refractivity (Wildman–Crippen MR) is 139 cm³/mol. The molecule has 0 amide bonds. The Bertz CT molecular complexity index is 1130. The predicted octanol–water partition coefficient (Wildman–Crippen LogP) is 6.23. The first-order valence-electron chi connectivity index (χ1n) is 11.8. The van der Waals surface area contributed by atoms with Crippen LogP contribution in [-0.4, -0.2) is 42.5 Å². The van der Waals surface area contributed by atoms with Gasteiger partial charge in [-0.2, -0.15) is 0 Å². The van der Waals surface area contributed by atoms with Gasteiger partial charge in [-0.1, -0.05) is 45.0 Å². The molecule has 5 heteroatoms. The Morgan fingerprint density at radius 3 is 2.06 bits per heavy atom. The molecule has 0 heterocycles. The van der Waals surface area contributed by atoms with Crippen LogP contribution in [0.2, 0.25) is 0 Å². The summed E-state index contributed by atoms with van der Waals surface area (Å²) in [5, 5.41) is 18.8. The van der Waals surface area contributed by atoms with Crippen molar-refractivity contribution in [2.75, 3.05) is 31.2 Å². The van der Waals surface area contributed by atoms with E-state index in [0.717, 1.165) is 29.8 Å². The Hall–Kier alpha value is -3.31. The first kappa shape index (κ1) is 25.3. The Morgan fingerprint density at radius 1 is 0.882 bits per heavy atom. The van der Waals surface area contributed by atoms with E-state index in [1.54, 1.807) is 6.07 Å². The number of aromatic carboxylic acids is 1. The van der Waals surface area contributed by atoms with Crippen LogP contribution in [0.4, 0.5) is 5.69 Å². The van der Waals surface area contributed by atoms with E-state index < -0.39 is 5.97 Å². The quantitative estimate of drug-likeness (QED) is 0.395. The number of hydrogen-bond acceptors (Lipinski definition) is 4. The van der Waals surface area contributed by atoms with Crippen LogP contribution in [0.3, 0.4) is 0 Å². The summed E-state index contributed by atoms with van der Waals surface area (Å²) in [6.45, 7) is 12.9. The SMILES string of the molecule is CCN(CC)c1ccc(-c2cc(-c3ccc(OCCO)cc3)ccc2C(=O)O)cc1C(C)(C)C. The van der Waals surface area contributed by atoms with E-state index in [4.69, 9.17) is 9.84 Å². The van der Waals surface area contributed by atoms with E-state index in [9.17, 15) is 9.90 Å². The molecule has 0 aliphatic rings. The minimum atomic E-state index is -0.945. The molecule has 0 aromatic heterocycles. The molecule has 3 rings (SSSR count). The van der Waals surface area contributed by atoms with Crippen molar-refractivity contribution < 1.29 is 19.7 Å². The third kappa shape index (κ3) is 5.60. The maximum Gasteiger partial charge on any atom is 0.336 e. The summed E-state index contributed by atoms with van der Waals surface area (Å²) in [6, 6.07) is 19.3. The molecule has 3 aromatic rings. The van der Waals surface area contributed by atoms with Crippen LogP contribution in [0.1, 0.15) is 50.5 Å². The van der Waals surface area contributed by atoms with Crippen molar-refractivity contribution in [3.05, 3.63) is 71.8 Å². The molecule has 0 aliphatic carbocycles. The lowest BCUT2D eigenvalue weighted by molar-refractivity contribution is 0.0697. The lowest BCUT2D eigenvalue weighted by Gasteiger charge is -2.31. The molecule has 5 nitrogen and oxygen atoms in total. The van der Waals surface area contributed by atoms with Gasteiger partial charge in [-0.15, -0.1) is 0 Å². The maximum absolute atomic E-state index is 12.1. The van der Waals surface area contributed by atoms with E-state index in [1.165, 1.54) is 11.3 Å². The molecule has 0 bridgehead atoms. The number of nitrogens with zero attached hydrogens (tertiary/aromatic N) is 1. The first-order chi connectivity index (χ1) is 16.2. The van der Waals surface area contributed by atoms with Crippen molar-refractivity contribution >= 4 is 11.7 Å². The van der Waals surface area contributed by atoms with E-state index >= 15 is 0 Å². The number of aliphatic hydroxyl groups excluding tert-OH is 1. The fraction of sp³-hybridized carbons (Fsp3) is 0.345. The summed E-state index contributed by atoms with van der Waals surface area (Å²) in [4.78, 5) is 14.4. The van der Waals surface area contributed by atoms with Gasteiger partial charge in [0, 0.05) is 18.8 Å². The Kier molecular flexibility index (Phi) is 8.00. The van der Waals surface area contributed by atoms with Gasteiger partial charge in [0.05, 0.1) is 12.2 Å². The number of carboxylic acids is 1. The number of rotatable bonds is 9. The normalized spacial score (nSPS) is 11.4. The lowest BCUT2D eigenvalue weighted by atomic mass is 9.83. The van der Waals surface area contributed by atoms with Crippen LogP contribution in [0.25, 0.3) is 22.3 Å². The van der Waals surface area contributed by atoms with Gasteiger partial charge in [0.15, 0.2) is 0 Å². The molecular weight excluding hydrogens is 426 g/mol. The molecule has 34 heavy (non-hydrogen) atoms. The van der Waals surface area contributed by atoms with Crippen molar-refractivity contribution in [3.63, 3.8) is 0 Å². The van der Waals surface area contributed by atoms with E-state index in [2.05, 4.69) is 51.7 Å². The summed E-state index contributed by atoms with van der Waals surface area (Å²) in [5.74, 6) is -0.263. The van der Waals surface area contributed by atoms with Crippen LogP contribution in [0.5, 0.6) is 5.75 Å². The second kappa shape index (κ2) is 10.7. The summed E-state index contributed by atoms with van der Waals surface area (Å²) < 4.78 is 5.45. The Balaban J connectivity index is 2.12. The van der Waals surface area contributed by atoms with Crippen molar-refractivity contribution in [1.82, 2.24) is 0 Å². The Labute approximate surface area is 202 Å². The van der Waals surface area contributed by atoms with Gasteiger partial charge in [-0.25, -0.2) is 4.79 Å². The zero-order valence-corrected chi connectivity index (χ0v) is 20.8. The van der Waals surface area contributed by atoms with Crippen LogP contribution in [0, 0.1) is 0 Å². The van der Waals surface area contributed by atoms with Crippen molar-refractivity contribution in [3.8, 4) is 28.0 Å². The average Bonchev–Trinajstić information content (AvgIpc) is 2.83. The van der Waals surface area contributed by atoms with E-state index in [0.29, 0.717) is 11.3 Å². The third-order valence-corrected chi connectivity index (χ3v) is 6.02. The third-order valence-electron chi connectivity index (χ3n) is 6.02. The highest BCUT2D eigenvalue weighted by molar-refractivity contribution is 5.97. The molecule has 0 saturated heterocycles. The molecule has 3 aromatic carbocycles. The van der Waals surface area contributed by atoms with Gasteiger partial charge < -0.3 is 19.8 Å². The highest BCUT2D eigenvalue weighted by Gasteiger charge is 2.22. The molecular formula is C29H35NO4. The van der Waals surface area contributed by atoms with Gasteiger partial charge in [0.2, 0.25) is 0 Å². The van der Waals surface area contributed by atoms with Crippen LogP contribution < -0.4 is 9.64 Å². The van der Waals surface area contributed by atoms with Gasteiger partial charge in [-0.3, -0.25) is 0 Å². The maximum atomic E-state index is 12.1. The van der Waals surface area contributed by atoms with Gasteiger partial charge in [0.25, 0.3) is 0 Å². The number of ether oxygens (including phenoxy) is 1. The van der Waals surface area contributed by atoms with Crippen LogP contribution in [0.15, 0.2) is 60.7 Å². The van der Waals surface area contributed by atoms with Gasteiger partial charge in [-0.05, 0) is 83.5 Å². The summed E-state index contributed by atoms with van der Waals surface area (Å²) in [5.41, 5.74) is 6.05. The molecule has 0 fully saturated rings. The minimum Gasteiger partial charge on any atom is -0.491 e.